The molecular formula is C16H32N2. The lowest BCUT2D eigenvalue weighted by molar-refractivity contribution is -0.00497. The average molecular weight is 252 g/mol. The molecular weight excluding hydrogens is 220 g/mol. The summed E-state index contributed by atoms with van der Waals surface area (Å²) in [5, 5.41) is 0. The Bertz CT molecular complexity index is 245. The molecule has 0 radical (unpaired) electrons. The van der Waals surface area contributed by atoms with Crippen LogP contribution in [0.3, 0.4) is 0 Å². The van der Waals surface area contributed by atoms with Crippen molar-refractivity contribution in [3.8, 4) is 0 Å². The molecule has 2 heteroatoms. The molecule has 2 nitrogen and oxygen atoms in total. The lowest BCUT2D eigenvalue weighted by Gasteiger charge is -2.52. The lowest BCUT2D eigenvalue weighted by atomic mass is 9.68. The maximum atomic E-state index is 6.25. The largest absolute Gasteiger partial charge is 0.329 e. The van der Waals surface area contributed by atoms with Gasteiger partial charge in [0.25, 0.3) is 0 Å². The van der Waals surface area contributed by atoms with Crippen LogP contribution in [0.25, 0.3) is 0 Å². The minimum absolute atomic E-state index is 0.323. The van der Waals surface area contributed by atoms with Gasteiger partial charge in [0.15, 0.2) is 0 Å². The summed E-state index contributed by atoms with van der Waals surface area (Å²) in [6.45, 7) is 8.29. The van der Waals surface area contributed by atoms with Gasteiger partial charge in [-0.05, 0) is 57.0 Å². The molecule has 2 fully saturated rings. The maximum Gasteiger partial charge on any atom is 0.0357 e. The highest BCUT2D eigenvalue weighted by molar-refractivity contribution is 4.99. The summed E-state index contributed by atoms with van der Waals surface area (Å²) in [6.07, 6.45) is 11.1. The summed E-state index contributed by atoms with van der Waals surface area (Å²) in [4.78, 5) is 2.78. The second kappa shape index (κ2) is 6.38. The molecule has 0 aromatic rings. The van der Waals surface area contributed by atoms with Gasteiger partial charge < -0.3 is 5.73 Å². The van der Waals surface area contributed by atoms with E-state index in [1.54, 1.807) is 0 Å². The fourth-order valence-electron chi connectivity index (χ4n) is 4.28. The van der Waals surface area contributed by atoms with E-state index < -0.39 is 0 Å². The number of nitrogens with two attached hydrogens (primary N) is 1. The van der Waals surface area contributed by atoms with E-state index in [-0.39, 0.29) is 0 Å². The van der Waals surface area contributed by atoms with Gasteiger partial charge in [-0.15, -0.1) is 0 Å². The van der Waals surface area contributed by atoms with Crippen molar-refractivity contribution in [2.24, 2.45) is 17.6 Å². The fourth-order valence-corrected chi connectivity index (χ4v) is 4.28. The zero-order valence-corrected chi connectivity index (χ0v) is 12.5. The minimum atomic E-state index is 0.323. The first-order chi connectivity index (χ1) is 8.69. The molecule has 1 aliphatic heterocycles. The fraction of sp³-hybridized carbons (Fsp3) is 1.00. The predicted molar refractivity (Wildman–Crippen MR) is 78.6 cm³/mol. The molecule has 0 bridgehead atoms. The number of nitrogens with zero attached hydrogens (tertiary/aromatic N) is 1. The Morgan fingerprint density at radius 2 is 1.67 bits per heavy atom. The predicted octanol–water partition coefficient (Wildman–Crippen LogP) is 3.41. The van der Waals surface area contributed by atoms with E-state index in [0.29, 0.717) is 5.54 Å². The van der Waals surface area contributed by atoms with Gasteiger partial charge in [0, 0.05) is 12.1 Å². The van der Waals surface area contributed by atoms with Gasteiger partial charge in [-0.3, -0.25) is 4.90 Å². The van der Waals surface area contributed by atoms with Crippen molar-refractivity contribution in [3.05, 3.63) is 0 Å². The Labute approximate surface area is 113 Å². The lowest BCUT2D eigenvalue weighted by Crippen LogP contribution is -2.60. The van der Waals surface area contributed by atoms with Crippen LogP contribution >= 0.6 is 0 Å². The Kier molecular flexibility index (Phi) is 5.08. The van der Waals surface area contributed by atoms with Crippen LogP contribution in [-0.4, -0.2) is 30.1 Å². The van der Waals surface area contributed by atoms with Gasteiger partial charge in [-0.1, -0.05) is 33.1 Å². The molecule has 3 atom stereocenters. The van der Waals surface area contributed by atoms with Gasteiger partial charge in [0.2, 0.25) is 0 Å². The van der Waals surface area contributed by atoms with Gasteiger partial charge in [-0.25, -0.2) is 0 Å². The van der Waals surface area contributed by atoms with Crippen LogP contribution < -0.4 is 5.73 Å². The molecule has 1 saturated carbocycles. The SMILES string of the molecule is CC1CCC(CN)(N2CCCCCCC2)C(C)C1. The van der Waals surface area contributed by atoms with Crippen LogP contribution in [0.15, 0.2) is 0 Å². The monoisotopic (exact) mass is 252 g/mol. The zero-order chi connectivity index (χ0) is 13.0. The first kappa shape index (κ1) is 14.3. The highest BCUT2D eigenvalue weighted by atomic mass is 15.2. The van der Waals surface area contributed by atoms with E-state index in [2.05, 4.69) is 18.7 Å². The van der Waals surface area contributed by atoms with E-state index in [9.17, 15) is 0 Å². The quantitative estimate of drug-likeness (QED) is 0.816. The molecule has 0 spiro atoms. The number of hydrogen-bond donors (Lipinski definition) is 1. The Morgan fingerprint density at radius 3 is 2.22 bits per heavy atom. The van der Waals surface area contributed by atoms with E-state index >= 15 is 0 Å². The van der Waals surface area contributed by atoms with Crippen molar-refractivity contribution in [3.63, 3.8) is 0 Å². The second-order valence-corrected chi connectivity index (χ2v) is 6.84. The summed E-state index contributed by atoms with van der Waals surface area (Å²) in [6, 6.07) is 0. The van der Waals surface area contributed by atoms with Gasteiger partial charge >= 0.3 is 0 Å². The van der Waals surface area contributed by atoms with Crippen molar-refractivity contribution in [1.29, 1.82) is 0 Å². The van der Waals surface area contributed by atoms with Crippen LogP contribution in [0.5, 0.6) is 0 Å². The van der Waals surface area contributed by atoms with Crippen LogP contribution in [0.1, 0.15) is 65.2 Å². The van der Waals surface area contributed by atoms with Gasteiger partial charge in [0.1, 0.15) is 0 Å². The molecule has 2 rings (SSSR count). The van der Waals surface area contributed by atoms with Crippen LogP contribution in [0.4, 0.5) is 0 Å². The standard InChI is InChI=1S/C16H32N2/c1-14-8-9-16(13-17,15(2)12-14)18-10-6-4-3-5-7-11-18/h14-15H,3-13,17H2,1-2H3. The third-order valence-corrected chi connectivity index (χ3v) is 5.58. The molecule has 1 aliphatic carbocycles. The highest BCUT2D eigenvalue weighted by Crippen LogP contribution is 2.41. The third kappa shape index (κ3) is 2.91. The van der Waals surface area contributed by atoms with E-state index in [0.717, 1.165) is 18.4 Å². The molecule has 2 N–H and O–H groups in total. The minimum Gasteiger partial charge on any atom is -0.329 e. The Morgan fingerprint density at radius 1 is 1.06 bits per heavy atom. The summed E-state index contributed by atoms with van der Waals surface area (Å²) in [5.74, 6) is 1.67. The maximum absolute atomic E-state index is 6.25. The van der Waals surface area contributed by atoms with Crippen LogP contribution in [-0.2, 0) is 0 Å². The smallest absolute Gasteiger partial charge is 0.0357 e. The summed E-state index contributed by atoms with van der Waals surface area (Å²) >= 11 is 0. The Balaban J connectivity index is 2.08. The van der Waals surface area contributed by atoms with E-state index in [1.165, 1.54) is 64.5 Å². The average Bonchev–Trinajstić information content (AvgIpc) is 2.30. The van der Waals surface area contributed by atoms with Crippen LogP contribution in [0, 0.1) is 11.8 Å². The third-order valence-electron chi connectivity index (χ3n) is 5.58. The zero-order valence-electron chi connectivity index (χ0n) is 12.5. The molecule has 1 saturated heterocycles. The second-order valence-electron chi connectivity index (χ2n) is 6.84. The summed E-state index contributed by atoms with van der Waals surface area (Å²) in [5.41, 5.74) is 6.58. The first-order valence-corrected chi connectivity index (χ1v) is 8.14. The molecule has 0 aromatic heterocycles. The number of likely N-dealkylation sites (tertiary alicyclic amines) is 1. The molecule has 0 amide bonds. The van der Waals surface area contributed by atoms with Crippen molar-refractivity contribution < 1.29 is 0 Å². The number of rotatable bonds is 2. The molecule has 1 heterocycles. The van der Waals surface area contributed by atoms with Crippen molar-refractivity contribution >= 4 is 0 Å². The van der Waals surface area contributed by atoms with E-state index in [4.69, 9.17) is 5.73 Å². The van der Waals surface area contributed by atoms with Crippen molar-refractivity contribution in [2.75, 3.05) is 19.6 Å². The molecule has 18 heavy (non-hydrogen) atoms. The van der Waals surface area contributed by atoms with Gasteiger partial charge in [0.05, 0.1) is 0 Å². The van der Waals surface area contributed by atoms with Crippen molar-refractivity contribution in [2.45, 2.75) is 70.8 Å². The molecule has 0 aromatic carbocycles. The normalized spacial score (nSPS) is 40.2. The Hall–Kier alpha value is -0.0800. The first-order valence-electron chi connectivity index (χ1n) is 8.14. The molecule has 3 unspecified atom stereocenters. The van der Waals surface area contributed by atoms with Gasteiger partial charge in [-0.2, -0.15) is 0 Å². The summed E-state index contributed by atoms with van der Waals surface area (Å²) < 4.78 is 0. The summed E-state index contributed by atoms with van der Waals surface area (Å²) in [7, 11) is 0. The molecule has 106 valence electrons. The van der Waals surface area contributed by atoms with Crippen LogP contribution in [0.2, 0.25) is 0 Å². The van der Waals surface area contributed by atoms with Crippen molar-refractivity contribution in [1.82, 2.24) is 4.90 Å². The van der Waals surface area contributed by atoms with E-state index in [1.807, 2.05) is 0 Å². The number of hydrogen-bond acceptors (Lipinski definition) is 2. The topological polar surface area (TPSA) is 29.3 Å². The molecule has 2 aliphatic rings. The highest BCUT2D eigenvalue weighted by Gasteiger charge is 2.43.